The van der Waals surface area contributed by atoms with Crippen molar-refractivity contribution in [2.45, 2.75) is 104 Å². The van der Waals surface area contributed by atoms with Gasteiger partial charge >= 0.3 is 7.82 Å². The van der Waals surface area contributed by atoms with Gasteiger partial charge in [0.2, 0.25) is 0 Å². The summed E-state index contributed by atoms with van der Waals surface area (Å²) in [5.74, 6) is 0.555. The minimum Gasteiger partial charge on any atom is -0.736 e. The van der Waals surface area contributed by atoms with Crippen molar-refractivity contribution >= 4 is 7.82 Å². The van der Waals surface area contributed by atoms with Crippen LogP contribution in [0.2, 0.25) is 0 Å². The fourth-order valence-corrected chi connectivity index (χ4v) is 4.73. The Morgan fingerprint density at radius 2 is 0.909 bits per heavy atom. The van der Waals surface area contributed by atoms with Crippen LogP contribution in [0.15, 0.2) is 48.5 Å². The second kappa shape index (κ2) is 16.0. The molecule has 2 aromatic rings. The van der Waals surface area contributed by atoms with E-state index in [-0.39, 0.29) is 11.5 Å². The van der Waals surface area contributed by atoms with E-state index in [0.717, 1.165) is 25.7 Å². The van der Waals surface area contributed by atoms with Crippen LogP contribution in [0.4, 0.5) is 0 Å². The number of phosphoric ester groups is 1. The lowest BCUT2D eigenvalue weighted by atomic mass is 10.1. The molecule has 0 unspecified atom stereocenters. The predicted molar refractivity (Wildman–Crippen MR) is 136 cm³/mol. The first kappa shape index (κ1) is 27.5. The molecule has 0 bridgehead atoms. The van der Waals surface area contributed by atoms with Crippen molar-refractivity contribution in [1.29, 1.82) is 0 Å². The molecular formula is C28H42O4P-. The lowest BCUT2D eigenvalue weighted by Gasteiger charge is -2.24. The van der Waals surface area contributed by atoms with Crippen LogP contribution >= 0.6 is 7.82 Å². The number of hydrogen-bond donors (Lipinski definition) is 0. The summed E-state index contributed by atoms with van der Waals surface area (Å²) in [4.78, 5) is 12.3. The third kappa shape index (κ3) is 12.3. The maximum atomic E-state index is 12.3. The Morgan fingerprint density at radius 3 is 1.27 bits per heavy atom. The first-order chi connectivity index (χ1) is 16.0. The SMILES string of the molecule is CCCCCCCCc1ccc(OP(=O)([O-])Oc2ccc(CCCCCCCC)cc2)cc1. The first-order valence-corrected chi connectivity index (χ1v) is 14.4. The maximum Gasteiger partial charge on any atom is 0.372 e. The van der Waals surface area contributed by atoms with Crippen molar-refractivity contribution < 1.29 is 18.5 Å². The fourth-order valence-electron chi connectivity index (χ4n) is 3.93. The summed E-state index contributed by atoms with van der Waals surface area (Å²) in [5, 5.41) is 0. The summed E-state index contributed by atoms with van der Waals surface area (Å²) < 4.78 is 22.6. The summed E-state index contributed by atoms with van der Waals surface area (Å²) in [7, 11) is -4.49. The van der Waals surface area contributed by atoms with Crippen molar-refractivity contribution in [3.8, 4) is 11.5 Å². The van der Waals surface area contributed by atoms with Gasteiger partial charge in [0, 0.05) is 0 Å². The molecule has 0 amide bonds. The monoisotopic (exact) mass is 473 g/mol. The van der Waals surface area contributed by atoms with E-state index in [9.17, 15) is 9.46 Å². The third-order valence-corrected chi connectivity index (χ3v) is 6.79. The van der Waals surface area contributed by atoms with E-state index in [4.69, 9.17) is 9.05 Å². The lowest BCUT2D eigenvalue weighted by Crippen LogP contribution is -2.13. The highest BCUT2D eigenvalue weighted by Crippen LogP contribution is 2.40. The normalized spacial score (nSPS) is 11.5. The molecule has 0 aliphatic carbocycles. The molecule has 0 heterocycles. The molecule has 0 saturated heterocycles. The quantitative estimate of drug-likeness (QED) is 0.161. The molecule has 2 rings (SSSR count). The largest absolute Gasteiger partial charge is 0.736 e. The summed E-state index contributed by atoms with van der Waals surface area (Å²) in [5.41, 5.74) is 2.39. The first-order valence-electron chi connectivity index (χ1n) is 12.9. The third-order valence-electron chi connectivity index (χ3n) is 5.92. The van der Waals surface area contributed by atoms with Gasteiger partial charge in [0.15, 0.2) is 0 Å². The zero-order valence-corrected chi connectivity index (χ0v) is 21.5. The van der Waals surface area contributed by atoms with E-state index in [2.05, 4.69) is 13.8 Å². The van der Waals surface area contributed by atoms with Crippen molar-refractivity contribution in [2.24, 2.45) is 0 Å². The smallest absolute Gasteiger partial charge is 0.372 e. The number of aryl methyl sites for hydroxylation is 2. The van der Waals surface area contributed by atoms with Crippen LogP contribution in [-0.4, -0.2) is 0 Å². The van der Waals surface area contributed by atoms with Gasteiger partial charge in [-0.05, 0) is 61.1 Å². The van der Waals surface area contributed by atoms with Crippen molar-refractivity contribution in [1.82, 2.24) is 0 Å². The van der Waals surface area contributed by atoms with E-state index < -0.39 is 7.82 Å². The van der Waals surface area contributed by atoms with Gasteiger partial charge in [-0.15, -0.1) is 0 Å². The van der Waals surface area contributed by atoms with Crippen molar-refractivity contribution in [3.05, 3.63) is 59.7 Å². The summed E-state index contributed by atoms with van der Waals surface area (Å²) >= 11 is 0. The number of hydrogen-bond acceptors (Lipinski definition) is 4. The Hall–Kier alpha value is -1.77. The standard InChI is InChI=1S/C28H43O4P/c1-3-5-7-9-11-13-15-25-17-21-27(22-18-25)31-33(29,30)32-28-23-19-26(20-24-28)16-14-12-10-8-6-4-2/h17-24H,3-16H2,1-2H3,(H,29,30)/p-1. The minimum atomic E-state index is -4.49. The Labute approximate surface area is 201 Å². The van der Waals surface area contributed by atoms with Gasteiger partial charge in [0.1, 0.15) is 11.5 Å². The Bertz CT molecular complexity index is 736. The Kier molecular flexibility index (Phi) is 13.3. The summed E-state index contributed by atoms with van der Waals surface area (Å²) in [6.45, 7) is 4.45. The molecule has 0 saturated carbocycles. The van der Waals surface area contributed by atoms with Crippen LogP contribution in [-0.2, 0) is 17.4 Å². The zero-order valence-electron chi connectivity index (χ0n) is 20.6. The highest BCUT2D eigenvalue weighted by molar-refractivity contribution is 7.46. The van der Waals surface area contributed by atoms with Crippen LogP contribution in [0.25, 0.3) is 0 Å². The van der Waals surface area contributed by atoms with Crippen LogP contribution < -0.4 is 13.9 Å². The molecule has 0 atom stereocenters. The summed E-state index contributed by atoms with van der Waals surface area (Å²) in [6.07, 6.45) is 17.1. The molecule has 184 valence electrons. The Morgan fingerprint density at radius 1 is 0.576 bits per heavy atom. The zero-order chi connectivity index (χ0) is 23.8. The van der Waals surface area contributed by atoms with Gasteiger partial charge in [0.05, 0.1) is 0 Å². The van der Waals surface area contributed by atoms with Crippen LogP contribution in [0, 0.1) is 0 Å². The molecule has 0 fully saturated rings. The van der Waals surface area contributed by atoms with Gasteiger partial charge in [-0.3, -0.25) is 0 Å². The van der Waals surface area contributed by atoms with Gasteiger partial charge in [-0.1, -0.05) is 102 Å². The van der Waals surface area contributed by atoms with Gasteiger partial charge in [-0.2, -0.15) is 0 Å². The maximum absolute atomic E-state index is 12.3. The van der Waals surface area contributed by atoms with E-state index in [1.165, 1.54) is 75.3 Å². The molecule has 0 aromatic heterocycles. The minimum absolute atomic E-state index is 0.278. The molecule has 33 heavy (non-hydrogen) atoms. The molecule has 2 aromatic carbocycles. The molecule has 4 nitrogen and oxygen atoms in total. The number of unbranched alkanes of at least 4 members (excludes halogenated alkanes) is 10. The number of rotatable bonds is 18. The number of benzene rings is 2. The molecule has 0 aliphatic rings. The molecule has 0 radical (unpaired) electrons. The van der Waals surface area contributed by atoms with Gasteiger partial charge in [0.25, 0.3) is 0 Å². The topological polar surface area (TPSA) is 58.6 Å². The van der Waals surface area contributed by atoms with Crippen molar-refractivity contribution in [2.75, 3.05) is 0 Å². The average Bonchev–Trinajstić information content (AvgIpc) is 2.80. The van der Waals surface area contributed by atoms with E-state index >= 15 is 0 Å². The van der Waals surface area contributed by atoms with E-state index in [1.807, 2.05) is 24.3 Å². The molecule has 0 aliphatic heterocycles. The molecule has 0 N–H and O–H groups in total. The second-order valence-corrected chi connectivity index (χ2v) is 10.2. The van der Waals surface area contributed by atoms with Crippen LogP contribution in [0.1, 0.15) is 102 Å². The van der Waals surface area contributed by atoms with Crippen LogP contribution in [0.3, 0.4) is 0 Å². The number of phosphoric acid groups is 1. The van der Waals surface area contributed by atoms with Crippen LogP contribution in [0.5, 0.6) is 11.5 Å². The molecule has 5 heteroatoms. The average molecular weight is 474 g/mol. The van der Waals surface area contributed by atoms with E-state index in [1.54, 1.807) is 24.3 Å². The van der Waals surface area contributed by atoms with Crippen molar-refractivity contribution in [3.63, 3.8) is 0 Å². The lowest BCUT2D eigenvalue weighted by molar-refractivity contribution is -0.208. The Balaban J connectivity index is 1.72. The van der Waals surface area contributed by atoms with Gasteiger partial charge in [-0.25, -0.2) is 4.57 Å². The highest BCUT2D eigenvalue weighted by Gasteiger charge is 2.13. The predicted octanol–water partition coefficient (Wildman–Crippen LogP) is 8.42. The second-order valence-electron chi connectivity index (χ2n) is 8.95. The van der Waals surface area contributed by atoms with E-state index in [0.29, 0.717) is 0 Å². The summed E-state index contributed by atoms with van der Waals surface area (Å²) in [6, 6.07) is 14.5. The molecular weight excluding hydrogens is 431 g/mol. The molecule has 0 spiro atoms. The highest BCUT2D eigenvalue weighted by atomic mass is 31.2. The fraction of sp³-hybridized carbons (Fsp3) is 0.571. The van der Waals surface area contributed by atoms with Gasteiger partial charge < -0.3 is 13.9 Å².